The van der Waals surface area contributed by atoms with Crippen LogP contribution in [0.5, 0.6) is 0 Å². The highest BCUT2D eigenvalue weighted by Gasteiger charge is 2.22. The molecule has 1 N–H and O–H groups in total. The van der Waals surface area contributed by atoms with Crippen molar-refractivity contribution in [3.63, 3.8) is 0 Å². The van der Waals surface area contributed by atoms with Crippen molar-refractivity contribution in [1.29, 1.82) is 0 Å². The van der Waals surface area contributed by atoms with Gasteiger partial charge in [0.1, 0.15) is 0 Å². The molecule has 1 amide bonds. The average molecular weight is 195 g/mol. The molecule has 0 spiro atoms. The molecule has 0 saturated heterocycles. The van der Waals surface area contributed by atoms with Crippen molar-refractivity contribution in [2.45, 2.75) is 25.7 Å². The first kappa shape index (κ1) is 8.75. The summed E-state index contributed by atoms with van der Waals surface area (Å²) < 4.78 is 0. The van der Waals surface area contributed by atoms with E-state index >= 15 is 0 Å². The van der Waals surface area contributed by atoms with Gasteiger partial charge in [-0.05, 0) is 30.4 Å². The van der Waals surface area contributed by atoms with E-state index in [0.717, 1.165) is 17.8 Å². The minimum absolute atomic E-state index is 0.208. The highest BCUT2D eigenvalue weighted by atomic mass is 32.1. The first-order valence-electron chi connectivity index (χ1n) is 4.70. The van der Waals surface area contributed by atoms with Crippen molar-refractivity contribution in [2.75, 3.05) is 5.32 Å². The van der Waals surface area contributed by atoms with Crippen LogP contribution in [0.1, 0.15) is 25.7 Å². The second kappa shape index (κ2) is 3.92. The van der Waals surface area contributed by atoms with Crippen molar-refractivity contribution in [2.24, 2.45) is 5.92 Å². The van der Waals surface area contributed by atoms with Crippen LogP contribution in [-0.4, -0.2) is 5.91 Å². The predicted octanol–water partition coefficient (Wildman–Crippen LogP) is 2.88. The Morgan fingerprint density at radius 3 is 2.85 bits per heavy atom. The van der Waals surface area contributed by atoms with Gasteiger partial charge >= 0.3 is 0 Å². The number of carbonyl (C=O) groups excluding carboxylic acids is 1. The fourth-order valence-electron chi connectivity index (χ4n) is 1.76. The normalized spacial score (nSPS) is 17.5. The molecule has 1 aliphatic carbocycles. The van der Waals surface area contributed by atoms with Gasteiger partial charge in [0.05, 0.1) is 5.00 Å². The number of carbonyl (C=O) groups is 1. The Morgan fingerprint density at radius 2 is 2.23 bits per heavy atom. The van der Waals surface area contributed by atoms with Crippen LogP contribution < -0.4 is 5.32 Å². The molecule has 13 heavy (non-hydrogen) atoms. The number of anilines is 1. The standard InChI is InChI=1S/C10H13NOS/c12-10(8-4-1-2-5-8)11-9-6-3-7-13-9/h3,6-8H,1-2,4-5H2,(H,11,12). The van der Waals surface area contributed by atoms with Crippen LogP contribution in [-0.2, 0) is 4.79 Å². The van der Waals surface area contributed by atoms with Gasteiger partial charge < -0.3 is 5.32 Å². The van der Waals surface area contributed by atoms with E-state index in [4.69, 9.17) is 0 Å². The number of nitrogens with one attached hydrogen (secondary N) is 1. The average Bonchev–Trinajstić information content (AvgIpc) is 2.74. The molecule has 3 heteroatoms. The largest absolute Gasteiger partial charge is 0.317 e. The summed E-state index contributed by atoms with van der Waals surface area (Å²) in [5.74, 6) is 0.474. The molecule has 0 bridgehead atoms. The second-order valence-electron chi connectivity index (χ2n) is 3.45. The Labute approximate surface area is 82.0 Å². The summed E-state index contributed by atoms with van der Waals surface area (Å²) in [5.41, 5.74) is 0. The number of rotatable bonds is 2. The SMILES string of the molecule is O=C(Nc1cccs1)C1CCCC1. The molecule has 1 aromatic rings. The van der Waals surface area contributed by atoms with Gasteiger partial charge in [0.25, 0.3) is 0 Å². The molecule has 0 unspecified atom stereocenters. The maximum Gasteiger partial charge on any atom is 0.228 e. The molecule has 0 radical (unpaired) electrons. The van der Waals surface area contributed by atoms with Gasteiger partial charge in [-0.1, -0.05) is 12.8 Å². The monoisotopic (exact) mass is 195 g/mol. The molecule has 2 nitrogen and oxygen atoms in total. The molecule has 1 fully saturated rings. The Bertz CT molecular complexity index is 275. The lowest BCUT2D eigenvalue weighted by molar-refractivity contribution is -0.119. The van der Waals surface area contributed by atoms with E-state index in [0.29, 0.717) is 0 Å². The first-order valence-corrected chi connectivity index (χ1v) is 5.58. The van der Waals surface area contributed by atoms with Gasteiger partial charge in [0.2, 0.25) is 5.91 Å². The van der Waals surface area contributed by atoms with E-state index in [9.17, 15) is 4.79 Å². The zero-order valence-electron chi connectivity index (χ0n) is 7.45. The summed E-state index contributed by atoms with van der Waals surface area (Å²) in [7, 11) is 0. The minimum atomic E-state index is 0.208. The Morgan fingerprint density at radius 1 is 1.46 bits per heavy atom. The van der Waals surface area contributed by atoms with Crippen LogP contribution >= 0.6 is 11.3 Å². The molecule has 0 aliphatic heterocycles. The number of hydrogen-bond acceptors (Lipinski definition) is 2. The predicted molar refractivity (Wildman–Crippen MR) is 54.9 cm³/mol. The van der Waals surface area contributed by atoms with E-state index in [2.05, 4.69) is 5.32 Å². The van der Waals surface area contributed by atoms with Gasteiger partial charge in [-0.3, -0.25) is 4.79 Å². The number of amides is 1. The molecule has 0 aromatic carbocycles. The Kier molecular flexibility index (Phi) is 2.64. The third-order valence-electron chi connectivity index (χ3n) is 2.49. The molecular weight excluding hydrogens is 182 g/mol. The molecule has 0 atom stereocenters. The van der Waals surface area contributed by atoms with Crippen molar-refractivity contribution in [3.8, 4) is 0 Å². The maximum absolute atomic E-state index is 11.6. The molecule has 1 aromatic heterocycles. The van der Waals surface area contributed by atoms with Crippen LogP contribution in [0.25, 0.3) is 0 Å². The van der Waals surface area contributed by atoms with E-state index in [1.165, 1.54) is 12.8 Å². The number of thiophene rings is 1. The molecule has 1 aliphatic rings. The van der Waals surface area contributed by atoms with E-state index in [1.807, 2.05) is 17.5 Å². The van der Waals surface area contributed by atoms with Crippen LogP contribution in [0, 0.1) is 5.92 Å². The summed E-state index contributed by atoms with van der Waals surface area (Å²) in [6.07, 6.45) is 4.56. The molecule has 70 valence electrons. The van der Waals surface area contributed by atoms with Crippen LogP contribution in [0.15, 0.2) is 17.5 Å². The number of hydrogen-bond donors (Lipinski definition) is 1. The van der Waals surface area contributed by atoms with Gasteiger partial charge in [-0.2, -0.15) is 0 Å². The van der Waals surface area contributed by atoms with Crippen LogP contribution in [0.2, 0.25) is 0 Å². The fraction of sp³-hybridized carbons (Fsp3) is 0.500. The van der Waals surface area contributed by atoms with Crippen molar-refractivity contribution < 1.29 is 4.79 Å². The molecule has 2 rings (SSSR count). The van der Waals surface area contributed by atoms with Crippen LogP contribution in [0.4, 0.5) is 5.00 Å². The summed E-state index contributed by atoms with van der Waals surface area (Å²) in [6.45, 7) is 0. The lowest BCUT2D eigenvalue weighted by atomic mass is 10.1. The zero-order chi connectivity index (χ0) is 9.10. The van der Waals surface area contributed by atoms with Gasteiger partial charge in [0, 0.05) is 5.92 Å². The zero-order valence-corrected chi connectivity index (χ0v) is 8.27. The lowest BCUT2D eigenvalue weighted by Gasteiger charge is -2.07. The Balaban J connectivity index is 1.91. The Hall–Kier alpha value is -0.830. The third-order valence-corrected chi connectivity index (χ3v) is 3.28. The molecule has 1 heterocycles. The summed E-state index contributed by atoms with van der Waals surface area (Å²) >= 11 is 1.58. The summed E-state index contributed by atoms with van der Waals surface area (Å²) in [5, 5.41) is 5.89. The third kappa shape index (κ3) is 2.10. The van der Waals surface area contributed by atoms with Crippen molar-refractivity contribution >= 4 is 22.2 Å². The topological polar surface area (TPSA) is 29.1 Å². The molecular formula is C10H13NOS. The summed E-state index contributed by atoms with van der Waals surface area (Å²) in [4.78, 5) is 11.6. The van der Waals surface area contributed by atoms with E-state index in [1.54, 1.807) is 11.3 Å². The van der Waals surface area contributed by atoms with Gasteiger partial charge in [-0.25, -0.2) is 0 Å². The minimum Gasteiger partial charge on any atom is -0.317 e. The fourth-order valence-corrected chi connectivity index (χ4v) is 2.38. The smallest absolute Gasteiger partial charge is 0.228 e. The maximum atomic E-state index is 11.6. The highest BCUT2D eigenvalue weighted by molar-refractivity contribution is 7.14. The van der Waals surface area contributed by atoms with Crippen molar-refractivity contribution in [1.82, 2.24) is 0 Å². The van der Waals surface area contributed by atoms with Crippen molar-refractivity contribution in [3.05, 3.63) is 17.5 Å². The van der Waals surface area contributed by atoms with Crippen LogP contribution in [0.3, 0.4) is 0 Å². The lowest BCUT2D eigenvalue weighted by Crippen LogP contribution is -2.19. The summed E-state index contributed by atoms with van der Waals surface area (Å²) in [6, 6.07) is 3.90. The first-order chi connectivity index (χ1) is 6.36. The quantitative estimate of drug-likeness (QED) is 0.772. The highest BCUT2D eigenvalue weighted by Crippen LogP contribution is 2.26. The van der Waals surface area contributed by atoms with E-state index in [-0.39, 0.29) is 11.8 Å². The van der Waals surface area contributed by atoms with Gasteiger partial charge in [0.15, 0.2) is 0 Å². The van der Waals surface area contributed by atoms with E-state index < -0.39 is 0 Å². The van der Waals surface area contributed by atoms with Gasteiger partial charge in [-0.15, -0.1) is 11.3 Å². The molecule has 1 saturated carbocycles. The second-order valence-corrected chi connectivity index (χ2v) is 4.40.